The van der Waals surface area contributed by atoms with Gasteiger partial charge in [0.15, 0.2) is 17.4 Å². The second kappa shape index (κ2) is 5.15. The summed E-state index contributed by atoms with van der Waals surface area (Å²) in [5.74, 6) is -6.89. The van der Waals surface area contributed by atoms with E-state index in [0.29, 0.717) is 6.07 Å². The molecular formula is C11H7F3N4O3. The standard InChI is InChI=1S/C11H7F3N4O3/c12-7-4(15)3-6(8(13)9(7)14)21-5-1-2-17-11(16)10(5)18(19)20/h1-3H,15H2,(H2,16,17). The fraction of sp³-hybridized carbons (Fsp3) is 0. The zero-order valence-corrected chi connectivity index (χ0v) is 10.1. The average Bonchev–Trinajstić information content (AvgIpc) is 2.42. The second-order valence-corrected chi connectivity index (χ2v) is 3.81. The quantitative estimate of drug-likeness (QED) is 0.389. The Morgan fingerprint density at radius 2 is 1.81 bits per heavy atom. The molecule has 0 aliphatic rings. The molecule has 110 valence electrons. The number of hydrogen-bond acceptors (Lipinski definition) is 6. The fourth-order valence-corrected chi connectivity index (χ4v) is 1.51. The number of rotatable bonds is 3. The Balaban J connectivity index is 2.54. The van der Waals surface area contributed by atoms with Gasteiger partial charge >= 0.3 is 5.69 Å². The van der Waals surface area contributed by atoms with Crippen LogP contribution in [0, 0.1) is 27.6 Å². The zero-order valence-electron chi connectivity index (χ0n) is 10.1. The highest BCUT2D eigenvalue weighted by atomic mass is 19.2. The van der Waals surface area contributed by atoms with Crippen LogP contribution in [-0.4, -0.2) is 9.91 Å². The maximum atomic E-state index is 13.5. The van der Waals surface area contributed by atoms with Crippen LogP contribution in [0.25, 0.3) is 0 Å². The van der Waals surface area contributed by atoms with Gasteiger partial charge in [-0.15, -0.1) is 0 Å². The van der Waals surface area contributed by atoms with Crippen molar-refractivity contribution in [1.29, 1.82) is 0 Å². The molecule has 2 rings (SSSR count). The molecule has 7 nitrogen and oxygen atoms in total. The molecule has 0 unspecified atom stereocenters. The second-order valence-electron chi connectivity index (χ2n) is 3.81. The van der Waals surface area contributed by atoms with E-state index in [1.807, 2.05) is 0 Å². The molecule has 0 aliphatic heterocycles. The normalized spacial score (nSPS) is 10.4. The van der Waals surface area contributed by atoms with Crippen molar-refractivity contribution in [2.75, 3.05) is 11.5 Å². The van der Waals surface area contributed by atoms with Crippen LogP contribution in [0.2, 0.25) is 0 Å². The number of nitrogen functional groups attached to an aromatic ring is 2. The van der Waals surface area contributed by atoms with Crippen molar-refractivity contribution >= 4 is 17.2 Å². The van der Waals surface area contributed by atoms with E-state index in [1.54, 1.807) is 0 Å². The monoisotopic (exact) mass is 300 g/mol. The van der Waals surface area contributed by atoms with Crippen LogP contribution in [0.1, 0.15) is 0 Å². The molecule has 1 heterocycles. The number of nitrogens with two attached hydrogens (primary N) is 2. The summed E-state index contributed by atoms with van der Waals surface area (Å²) in [6, 6.07) is 1.68. The van der Waals surface area contributed by atoms with Gasteiger partial charge in [0, 0.05) is 18.3 Å². The summed E-state index contributed by atoms with van der Waals surface area (Å²) in [5.41, 5.74) is 9.00. The molecule has 0 spiro atoms. The molecule has 0 radical (unpaired) electrons. The van der Waals surface area contributed by atoms with Gasteiger partial charge < -0.3 is 16.2 Å². The third-order valence-electron chi connectivity index (χ3n) is 2.46. The first kappa shape index (κ1) is 14.4. The van der Waals surface area contributed by atoms with Crippen LogP contribution in [0.5, 0.6) is 11.5 Å². The molecule has 2 aromatic rings. The van der Waals surface area contributed by atoms with E-state index in [1.165, 1.54) is 0 Å². The van der Waals surface area contributed by atoms with E-state index in [-0.39, 0.29) is 0 Å². The van der Waals surface area contributed by atoms with Crippen molar-refractivity contribution in [2.45, 2.75) is 0 Å². The Hall–Kier alpha value is -3.04. The number of ether oxygens (including phenoxy) is 1. The van der Waals surface area contributed by atoms with Gasteiger partial charge in [0.05, 0.1) is 10.6 Å². The first-order chi connectivity index (χ1) is 9.82. The molecule has 1 aromatic carbocycles. The largest absolute Gasteiger partial charge is 0.447 e. The van der Waals surface area contributed by atoms with Crippen molar-refractivity contribution in [1.82, 2.24) is 4.98 Å². The molecule has 0 bridgehead atoms. The number of benzene rings is 1. The summed E-state index contributed by atoms with van der Waals surface area (Å²) in [6.07, 6.45) is 1.07. The Bertz CT molecular complexity index is 739. The van der Waals surface area contributed by atoms with Crippen LogP contribution >= 0.6 is 0 Å². The number of hydrogen-bond donors (Lipinski definition) is 2. The lowest BCUT2D eigenvalue weighted by molar-refractivity contribution is -0.384. The summed E-state index contributed by atoms with van der Waals surface area (Å²) in [4.78, 5) is 13.4. The van der Waals surface area contributed by atoms with Crippen molar-refractivity contribution in [3.8, 4) is 11.5 Å². The van der Waals surface area contributed by atoms with Crippen LogP contribution in [0.4, 0.5) is 30.4 Å². The van der Waals surface area contributed by atoms with E-state index in [0.717, 1.165) is 12.3 Å². The van der Waals surface area contributed by atoms with Gasteiger partial charge in [0.2, 0.25) is 17.4 Å². The molecule has 1 aromatic heterocycles. The summed E-state index contributed by atoms with van der Waals surface area (Å²) < 4.78 is 44.7. The van der Waals surface area contributed by atoms with E-state index in [4.69, 9.17) is 16.2 Å². The van der Waals surface area contributed by atoms with E-state index in [2.05, 4.69) is 4.98 Å². The maximum absolute atomic E-state index is 13.5. The summed E-state index contributed by atoms with van der Waals surface area (Å²) in [7, 11) is 0. The average molecular weight is 300 g/mol. The van der Waals surface area contributed by atoms with E-state index >= 15 is 0 Å². The van der Waals surface area contributed by atoms with Gasteiger partial charge in [-0.2, -0.15) is 4.39 Å². The van der Waals surface area contributed by atoms with E-state index < -0.39 is 51.1 Å². The minimum absolute atomic E-state index is 0.478. The van der Waals surface area contributed by atoms with Gasteiger partial charge in [-0.25, -0.2) is 13.8 Å². The molecular weight excluding hydrogens is 293 g/mol. The number of pyridine rings is 1. The highest BCUT2D eigenvalue weighted by Crippen LogP contribution is 2.37. The van der Waals surface area contributed by atoms with Gasteiger partial charge in [-0.05, 0) is 0 Å². The molecule has 10 heteroatoms. The van der Waals surface area contributed by atoms with Crippen molar-refractivity contribution in [3.05, 3.63) is 45.9 Å². The molecule has 0 atom stereocenters. The van der Waals surface area contributed by atoms with Crippen molar-refractivity contribution in [2.24, 2.45) is 0 Å². The molecule has 0 saturated heterocycles. The fourth-order valence-electron chi connectivity index (χ4n) is 1.51. The lowest BCUT2D eigenvalue weighted by Gasteiger charge is -2.09. The molecule has 0 amide bonds. The summed E-state index contributed by atoms with van der Waals surface area (Å²) >= 11 is 0. The van der Waals surface area contributed by atoms with Crippen molar-refractivity contribution < 1.29 is 22.8 Å². The predicted octanol–water partition coefficient (Wildman–Crippen LogP) is 2.36. The number of nitro groups is 1. The van der Waals surface area contributed by atoms with Crippen LogP contribution in [0.15, 0.2) is 18.3 Å². The van der Waals surface area contributed by atoms with Crippen molar-refractivity contribution in [3.63, 3.8) is 0 Å². The lowest BCUT2D eigenvalue weighted by atomic mass is 10.2. The van der Waals surface area contributed by atoms with Gasteiger partial charge in [-0.3, -0.25) is 10.1 Å². The zero-order chi connectivity index (χ0) is 15.7. The third kappa shape index (κ3) is 2.50. The Labute approximate surface area is 115 Å². The lowest BCUT2D eigenvalue weighted by Crippen LogP contribution is -2.03. The van der Waals surface area contributed by atoms with Gasteiger partial charge in [-0.1, -0.05) is 0 Å². The Kier molecular flexibility index (Phi) is 3.52. The predicted molar refractivity (Wildman–Crippen MR) is 66.1 cm³/mol. The first-order valence-corrected chi connectivity index (χ1v) is 5.32. The van der Waals surface area contributed by atoms with Crippen LogP contribution < -0.4 is 16.2 Å². The summed E-state index contributed by atoms with van der Waals surface area (Å²) in [5, 5.41) is 10.9. The summed E-state index contributed by atoms with van der Waals surface area (Å²) in [6.45, 7) is 0. The minimum atomic E-state index is -1.85. The number of anilines is 2. The number of aromatic nitrogens is 1. The van der Waals surface area contributed by atoms with Gasteiger partial charge in [0.1, 0.15) is 0 Å². The Morgan fingerprint density at radius 3 is 2.43 bits per heavy atom. The third-order valence-corrected chi connectivity index (χ3v) is 2.46. The molecule has 0 fully saturated rings. The molecule has 0 aliphatic carbocycles. The van der Waals surface area contributed by atoms with Crippen LogP contribution in [-0.2, 0) is 0 Å². The minimum Gasteiger partial charge on any atom is -0.447 e. The first-order valence-electron chi connectivity index (χ1n) is 5.32. The topological polar surface area (TPSA) is 117 Å². The number of nitrogens with zero attached hydrogens (tertiary/aromatic N) is 2. The maximum Gasteiger partial charge on any atom is 0.353 e. The highest BCUT2D eigenvalue weighted by molar-refractivity contribution is 5.62. The smallest absolute Gasteiger partial charge is 0.353 e. The SMILES string of the molecule is Nc1cc(Oc2ccnc(N)c2[N+](=O)[O-])c(F)c(F)c1F. The van der Waals surface area contributed by atoms with E-state index in [9.17, 15) is 23.3 Å². The Morgan fingerprint density at radius 1 is 1.14 bits per heavy atom. The molecule has 21 heavy (non-hydrogen) atoms. The highest BCUT2D eigenvalue weighted by Gasteiger charge is 2.24. The van der Waals surface area contributed by atoms with Crippen LogP contribution in [0.3, 0.4) is 0 Å². The number of halogens is 3. The molecule has 4 N–H and O–H groups in total. The van der Waals surface area contributed by atoms with Gasteiger partial charge in [0.25, 0.3) is 0 Å². The molecule has 0 saturated carbocycles.